The first-order chi connectivity index (χ1) is 18.2. The van der Waals surface area contributed by atoms with Crippen LogP contribution in [-0.2, 0) is 24.0 Å². The molecule has 14 nitrogen and oxygen atoms in total. The molecule has 3 amide bonds. The molecular formula is C24H41N7O7. The van der Waals surface area contributed by atoms with Gasteiger partial charge in [-0.1, -0.05) is 0 Å². The van der Waals surface area contributed by atoms with Crippen LogP contribution >= 0.6 is 0 Å². The number of primary amides is 1. The summed E-state index contributed by atoms with van der Waals surface area (Å²) in [6.07, 6.45) is 3.96. The zero-order valence-electron chi connectivity index (χ0n) is 22.0. The van der Waals surface area contributed by atoms with Crippen molar-refractivity contribution in [3.8, 4) is 0 Å². The first-order valence-electron chi connectivity index (χ1n) is 13.2. The van der Waals surface area contributed by atoms with Gasteiger partial charge in [-0.05, 0) is 31.6 Å². The smallest absolute Gasteiger partial charge is 0.317 e. The molecule has 1 saturated heterocycles. The molecule has 1 saturated carbocycles. The number of carbonyl (C=O) groups excluding carboxylic acids is 4. The number of carboxylic acid groups (broad SMARTS) is 1. The maximum absolute atomic E-state index is 12.8. The van der Waals surface area contributed by atoms with Gasteiger partial charge in [0.2, 0.25) is 11.8 Å². The highest BCUT2D eigenvalue weighted by Crippen LogP contribution is 2.28. The molecule has 2 aliphatic rings. The number of hydrogen-bond acceptors (Lipinski definition) is 10. The van der Waals surface area contributed by atoms with Crippen LogP contribution in [0.4, 0.5) is 0 Å². The number of rotatable bonds is 11. The first-order valence-corrected chi connectivity index (χ1v) is 13.2. The highest BCUT2D eigenvalue weighted by molar-refractivity contribution is 5.79. The lowest BCUT2D eigenvalue weighted by atomic mass is 9.81. The Bertz CT molecular complexity index is 820. The fourth-order valence-electron chi connectivity index (χ4n) is 4.92. The molecule has 14 heteroatoms. The Kier molecular flexibility index (Phi) is 14.0. The molecular weight excluding hydrogens is 498 g/mol. The lowest BCUT2D eigenvalue weighted by Gasteiger charge is -2.33. The van der Waals surface area contributed by atoms with Crippen LogP contribution in [0, 0.1) is 16.7 Å². The molecule has 1 aliphatic heterocycles. The number of aliphatic carboxylic acids is 1. The minimum absolute atomic E-state index is 0.0819. The third-order valence-electron chi connectivity index (χ3n) is 7.29. The van der Waals surface area contributed by atoms with Gasteiger partial charge in [-0.3, -0.25) is 38.8 Å². The van der Waals surface area contributed by atoms with Crippen molar-refractivity contribution in [3.05, 3.63) is 4.91 Å². The molecule has 0 bridgehead atoms. The van der Waals surface area contributed by atoms with E-state index in [1.54, 1.807) is 9.80 Å². The van der Waals surface area contributed by atoms with Gasteiger partial charge in [0.1, 0.15) is 6.29 Å². The van der Waals surface area contributed by atoms with Crippen LogP contribution in [0.25, 0.3) is 0 Å². The average molecular weight is 540 g/mol. The summed E-state index contributed by atoms with van der Waals surface area (Å²) in [6, 6.07) is 0. The molecule has 4 N–H and O–H groups in total. The Hall–Kier alpha value is -2.81. The number of amides is 3. The maximum atomic E-state index is 12.8. The van der Waals surface area contributed by atoms with E-state index in [1.807, 2.05) is 9.80 Å². The van der Waals surface area contributed by atoms with E-state index in [0.29, 0.717) is 64.8 Å². The number of hydrogen-bond donors (Lipinski definition) is 3. The Labute approximate surface area is 222 Å². The average Bonchev–Trinajstić information content (AvgIpc) is 2.88. The number of nitrogens with zero attached hydrogens (tertiary/aromatic N) is 5. The number of carboxylic acids is 1. The van der Waals surface area contributed by atoms with Crippen LogP contribution in [0.2, 0.25) is 0 Å². The van der Waals surface area contributed by atoms with E-state index < -0.39 is 11.9 Å². The quantitative estimate of drug-likeness (QED) is 0.198. The molecule has 0 spiro atoms. The maximum Gasteiger partial charge on any atom is 0.317 e. The summed E-state index contributed by atoms with van der Waals surface area (Å²) in [5.74, 6) is -1.96. The topological polar surface area (TPSA) is 186 Å². The van der Waals surface area contributed by atoms with E-state index in [0.717, 1.165) is 32.0 Å². The zero-order chi connectivity index (χ0) is 27.9. The second kappa shape index (κ2) is 16.9. The van der Waals surface area contributed by atoms with Crippen LogP contribution in [0.3, 0.4) is 0 Å². The normalized spacial score (nSPS) is 23.5. The standard InChI is InChI=1S/C24H41N7O7/c25-24(37)20-3-1-19(2-4-20)15-26-21(33)16-29-7-5-28(13-14-32)6-8-30(17-22(34)27-38)10-12-31(11-9-29)18-23(35)36/h14,19-20H,1-13,15-18H2,(H2,25,37)(H,26,33)(H,35,36). The van der Waals surface area contributed by atoms with Gasteiger partial charge >= 0.3 is 5.97 Å². The van der Waals surface area contributed by atoms with Gasteiger partial charge in [0.25, 0.3) is 5.91 Å². The molecule has 0 atom stereocenters. The molecule has 2 fully saturated rings. The van der Waals surface area contributed by atoms with Crippen molar-refractivity contribution >= 4 is 30.0 Å². The fourth-order valence-corrected chi connectivity index (χ4v) is 4.92. The summed E-state index contributed by atoms with van der Waals surface area (Å²) in [6.45, 7) is 3.85. The Morgan fingerprint density at radius 2 is 1.32 bits per heavy atom. The lowest BCUT2D eigenvalue weighted by Crippen LogP contribution is -2.49. The summed E-state index contributed by atoms with van der Waals surface area (Å²) in [4.78, 5) is 76.3. The van der Waals surface area contributed by atoms with Crippen molar-refractivity contribution in [1.82, 2.24) is 24.9 Å². The molecule has 214 valence electrons. The van der Waals surface area contributed by atoms with Crippen molar-refractivity contribution in [3.63, 3.8) is 0 Å². The predicted octanol–water partition coefficient (Wildman–Crippen LogP) is -1.81. The van der Waals surface area contributed by atoms with Crippen LogP contribution < -0.4 is 11.1 Å². The molecule has 1 heterocycles. The number of aldehydes is 1. The van der Waals surface area contributed by atoms with Gasteiger partial charge in [-0.2, -0.15) is 0 Å². The molecule has 0 aromatic carbocycles. The monoisotopic (exact) mass is 539 g/mol. The molecule has 38 heavy (non-hydrogen) atoms. The summed E-state index contributed by atoms with van der Waals surface area (Å²) in [7, 11) is 0. The minimum atomic E-state index is -0.984. The Balaban J connectivity index is 1.97. The van der Waals surface area contributed by atoms with E-state index in [-0.39, 0.29) is 43.9 Å². The third kappa shape index (κ3) is 12.2. The zero-order valence-corrected chi connectivity index (χ0v) is 22.0. The van der Waals surface area contributed by atoms with Crippen LogP contribution in [0.1, 0.15) is 25.7 Å². The molecule has 0 radical (unpaired) electrons. The fraction of sp³-hybridized carbons (Fsp3) is 0.792. The third-order valence-corrected chi connectivity index (χ3v) is 7.29. The summed E-state index contributed by atoms with van der Waals surface area (Å²) in [5, 5.41) is 14.8. The second-order valence-electron chi connectivity index (χ2n) is 10.1. The molecule has 0 aromatic heterocycles. The number of carbonyl (C=O) groups is 5. The molecule has 2 rings (SSSR count). The van der Waals surface area contributed by atoms with Crippen molar-refractivity contribution in [1.29, 1.82) is 0 Å². The van der Waals surface area contributed by atoms with Crippen molar-refractivity contribution in [2.24, 2.45) is 22.7 Å². The Morgan fingerprint density at radius 1 is 0.816 bits per heavy atom. The van der Waals surface area contributed by atoms with E-state index >= 15 is 0 Å². The molecule has 1 aliphatic carbocycles. The summed E-state index contributed by atoms with van der Waals surface area (Å²) >= 11 is 0. The minimum Gasteiger partial charge on any atom is -0.480 e. The second-order valence-corrected chi connectivity index (χ2v) is 10.1. The number of nitrogens with one attached hydrogen (secondary N) is 1. The highest BCUT2D eigenvalue weighted by atomic mass is 16.4. The Morgan fingerprint density at radius 3 is 1.79 bits per heavy atom. The van der Waals surface area contributed by atoms with Crippen LogP contribution in [-0.4, -0.2) is 140 Å². The van der Waals surface area contributed by atoms with E-state index in [4.69, 9.17) is 5.73 Å². The number of nitrogens with two attached hydrogens (primary N) is 1. The van der Waals surface area contributed by atoms with E-state index in [1.165, 1.54) is 0 Å². The first kappa shape index (κ1) is 31.4. The van der Waals surface area contributed by atoms with Crippen molar-refractivity contribution in [2.75, 3.05) is 85.1 Å². The van der Waals surface area contributed by atoms with Crippen molar-refractivity contribution in [2.45, 2.75) is 25.7 Å². The molecule has 0 aromatic rings. The van der Waals surface area contributed by atoms with Crippen molar-refractivity contribution < 1.29 is 29.1 Å². The van der Waals surface area contributed by atoms with Gasteiger partial charge < -0.3 is 21.0 Å². The predicted molar refractivity (Wildman–Crippen MR) is 138 cm³/mol. The van der Waals surface area contributed by atoms with E-state index in [9.17, 15) is 34.0 Å². The molecule has 0 unspecified atom stereocenters. The van der Waals surface area contributed by atoms with Gasteiger partial charge in [-0.15, -0.1) is 4.91 Å². The number of nitroso groups, excluding NO2 is 1. The van der Waals surface area contributed by atoms with Crippen LogP contribution in [0.5, 0.6) is 0 Å². The van der Waals surface area contributed by atoms with Crippen LogP contribution in [0.15, 0.2) is 5.18 Å². The summed E-state index contributed by atoms with van der Waals surface area (Å²) in [5.41, 5.74) is 5.39. The van der Waals surface area contributed by atoms with Gasteiger partial charge in [0.05, 0.1) is 26.2 Å². The SMILES string of the molecule is NC(=O)C1CCC(CNC(=O)CN2CCN(CC=O)CCN(CC(=O)N=O)CCN(CC(=O)O)CC2)CC1. The van der Waals surface area contributed by atoms with Gasteiger partial charge in [0.15, 0.2) is 0 Å². The van der Waals surface area contributed by atoms with Gasteiger partial charge in [-0.25, -0.2) is 0 Å². The summed E-state index contributed by atoms with van der Waals surface area (Å²) < 4.78 is 0. The lowest BCUT2D eigenvalue weighted by molar-refractivity contribution is -0.138. The van der Waals surface area contributed by atoms with Gasteiger partial charge in [0, 0.05) is 70.0 Å². The largest absolute Gasteiger partial charge is 0.480 e. The van der Waals surface area contributed by atoms with E-state index in [2.05, 4.69) is 10.5 Å². The highest BCUT2D eigenvalue weighted by Gasteiger charge is 2.25.